The van der Waals surface area contributed by atoms with Gasteiger partial charge in [-0.1, -0.05) is 12.1 Å². The molecule has 92 valence electrons. The molecule has 0 saturated carbocycles. The fourth-order valence-electron chi connectivity index (χ4n) is 1.22. The Balaban J connectivity index is 2.07. The Morgan fingerprint density at radius 1 is 1.31 bits per heavy atom. The number of aromatic nitrogens is 3. The molecule has 6 heteroatoms. The third-order valence-corrected chi connectivity index (χ3v) is 1.92. The van der Waals surface area contributed by atoms with Crippen molar-refractivity contribution in [1.82, 2.24) is 15.0 Å². The first kappa shape index (κ1) is 13.1. The fourth-order valence-corrected chi connectivity index (χ4v) is 1.22. The van der Waals surface area contributed by atoms with E-state index in [1.165, 1.54) is 0 Å². The van der Waals surface area contributed by atoms with Crippen LogP contribution in [0, 0.1) is 0 Å². The van der Waals surface area contributed by atoms with Gasteiger partial charge in [0.25, 0.3) is 0 Å². The Morgan fingerprint density at radius 2 is 2.12 bits per heavy atom. The number of nitrogens with zero attached hydrogens (tertiary/aromatic N) is 3. The third-order valence-electron chi connectivity index (χ3n) is 1.92. The largest absolute Gasteiger partial charge is 0.378 e. The van der Waals surface area contributed by atoms with Crippen molar-refractivity contribution in [2.45, 2.75) is 26.5 Å². The Labute approximate surface area is 95.7 Å². The lowest BCUT2D eigenvalue weighted by molar-refractivity contribution is 0.0422. The van der Waals surface area contributed by atoms with E-state index >= 15 is 0 Å². The molecule has 0 aliphatic rings. The van der Waals surface area contributed by atoms with Crippen LogP contribution in [0.25, 0.3) is 0 Å². The standard InChI is InChI=1S/C10H20N4O2/c1-2-4-14-8-10(12-13-14)9-16-7-6-15-5-3-11/h8H,2-7,9,11H2,1H3. The fraction of sp³-hybridized carbons (Fsp3) is 0.800. The number of hydrogen-bond donors (Lipinski definition) is 1. The van der Waals surface area contributed by atoms with Crippen LogP contribution in [-0.4, -0.2) is 41.4 Å². The van der Waals surface area contributed by atoms with Gasteiger partial charge in [-0.05, 0) is 6.42 Å². The average molecular weight is 228 g/mol. The Bertz CT molecular complexity index is 278. The van der Waals surface area contributed by atoms with Crippen LogP contribution in [0.5, 0.6) is 0 Å². The summed E-state index contributed by atoms with van der Waals surface area (Å²) in [5.74, 6) is 0. The van der Waals surface area contributed by atoms with Crippen LogP contribution >= 0.6 is 0 Å². The van der Waals surface area contributed by atoms with E-state index in [0.29, 0.717) is 33.0 Å². The van der Waals surface area contributed by atoms with Crippen LogP contribution in [-0.2, 0) is 22.6 Å². The van der Waals surface area contributed by atoms with Gasteiger partial charge in [0, 0.05) is 13.1 Å². The molecule has 2 N–H and O–H groups in total. The lowest BCUT2D eigenvalue weighted by Gasteiger charge is -2.02. The summed E-state index contributed by atoms with van der Waals surface area (Å²) < 4.78 is 12.4. The molecule has 1 rings (SSSR count). The van der Waals surface area contributed by atoms with Gasteiger partial charge in [-0.3, -0.25) is 4.68 Å². The molecule has 0 saturated heterocycles. The van der Waals surface area contributed by atoms with E-state index in [1.807, 2.05) is 10.9 Å². The minimum Gasteiger partial charge on any atom is -0.378 e. The lowest BCUT2D eigenvalue weighted by Crippen LogP contribution is -2.12. The lowest BCUT2D eigenvalue weighted by atomic mass is 10.5. The molecular formula is C10H20N4O2. The first-order valence-corrected chi connectivity index (χ1v) is 5.61. The second-order valence-corrected chi connectivity index (χ2v) is 3.43. The summed E-state index contributed by atoms with van der Waals surface area (Å²) in [6, 6.07) is 0. The summed E-state index contributed by atoms with van der Waals surface area (Å²) in [5.41, 5.74) is 6.13. The van der Waals surface area contributed by atoms with Crippen molar-refractivity contribution in [2.75, 3.05) is 26.4 Å². The molecule has 0 radical (unpaired) electrons. The van der Waals surface area contributed by atoms with Gasteiger partial charge in [0.1, 0.15) is 5.69 Å². The van der Waals surface area contributed by atoms with Gasteiger partial charge >= 0.3 is 0 Å². The molecule has 1 aromatic heterocycles. The summed E-state index contributed by atoms with van der Waals surface area (Å²) in [5, 5.41) is 7.97. The van der Waals surface area contributed by atoms with E-state index < -0.39 is 0 Å². The molecule has 0 unspecified atom stereocenters. The molecular weight excluding hydrogens is 208 g/mol. The highest BCUT2D eigenvalue weighted by molar-refractivity contribution is 4.89. The Kier molecular flexibility index (Phi) is 6.71. The van der Waals surface area contributed by atoms with E-state index in [0.717, 1.165) is 18.7 Å². The van der Waals surface area contributed by atoms with Gasteiger partial charge in [-0.15, -0.1) is 5.10 Å². The van der Waals surface area contributed by atoms with Crippen LogP contribution in [0.3, 0.4) is 0 Å². The van der Waals surface area contributed by atoms with Crippen molar-refractivity contribution in [3.8, 4) is 0 Å². The smallest absolute Gasteiger partial charge is 0.108 e. The van der Waals surface area contributed by atoms with Gasteiger partial charge in [0.05, 0.1) is 32.6 Å². The zero-order chi connectivity index (χ0) is 11.6. The van der Waals surface area contributed by atoms with Crippen molar-refractivity contribution in [3.63, 3.8) is 0 Å². The number of hydrogen-bond acceptors (Lipinski definition) is 5. The molecule has 0 aromatic carbocycles. The van der Waals surface area contributed by atoms with Crippen LogP contribution < -0.4 is 5.73 Å². The van der Waals surface area contributed by atoms with Crippen molar-refractivity contribution >= 4 is 0 Å². The minimum absolute atomic E-state index is 0.482. The molecule has 6 nitrogen and oxygen atoms in total. The van der Waals surface area contributed by atoms with E-state index in [-0.39, 0.29) is 0 Å². The van der Waals surface area contributed by atoms with Crippen LogP contribution in [0.2, 0.25) is 0 Å². The summed E-state index contributed by atoms with van der Waals surface area (Å²) in [4.78, 5) is 0. The van der Waals surface area contributed by atoms with Crippen LogP contribution in [0.15, 0.2) is 6.20 Å². The number of rotatable bonds is 9. The molecule has 0 aliphatic carbocycles. The molecule has 0 fully saturated rings. The zero-order valence-electron chi connectivity index (χ0n) is 9.76. The van der Waals surface area contributed by atoms with Gasteiger partial charge < -0.3 is 15.2 Å². The number of ether oxygens (including phenoxy) is 2. The topological polar surface area (TPSA) is 75.2 Å². The van der Waals surface area contributed by atoms with Crippen molar-refractivity contribution < 1.29 is 9.47 Å². The molecule has 1 aromatic rings. The normalized spacial score (nSPS) is 10.9. The Morgan fingerprint density at radius 3 is 2.88 bits per heavy atom. The molecule has 0 spiro atoms. The molecule has 16 heavy (non-hydrogen) atoms. The van der Waals surface area contributed by atoms with Gasteiger partial charge in [0.15, 0.2) is 0 Å². The highest BCUT2D eigenvalue weighted by Gasteiger charge is 1.99. The van der Waals surface area contributed by atoms with E-state index in [4.69, 9.17) is 15.2 Å². The summed E-state index contributed by atoms with van der Waals surface area (Å²) >= 11 is 0. The summed E-state index contributed by atoms with van der Waals surface area (Å²) in [6.07, 6.45) is 2.96. The minimum atomic E-state index is 0.482. The number of nitrogens with two attached hydrogens (primary N) is 1. The first-order chi connectivity index (χ1) is 7.86. The maximum atomic E-state index is 5.38. The SMILES string of the molecule is CCCn1cc(COCCOCCN)nn1. The maximum Gasteiger partial charge on any atom is 0.108 e. The third kappa shape index (κ3) is 5.20. The second-order valence-electron chi connectivity index (χ2n) is 3.43. The zero-order valence-corrected chi connectivity index (χ0v) is 9.76. The van der Waals surface area contributed by atoms with E-state index in [9.17, 15) is 0 Å². The molecule has 0 bridgehead atoms. The van der Waals surface area contributed by atoms with Gasteiger partial charge in [0.2, 0.25) is 0 Å². The van der Waals surface area contributed by atoms with Crippen LogP contribution in [0.1, 0.15) is 19.0 Å². The van der Waals surface area contributed by atoms with Crippen molar-refractivity contribution in [3.05, 3.63) is 11.9 Å². The molecule has 0 atom stereocenters. The highest BCUT2D eigenvalue weighted by atomic mass is 16.5. The van der Waals surface area contributed by atoms with Crippen molar-refractivity contribution in [2.24, 2.45) is 5.73 Å². The first-order valence-electron chi connectivity index (χ1n) is 5.61. The maximum absolute atomic E-state index is 5.38. The van der Waals surface area contributed by atoms with Gasteiger partial charge in [-0.2, -0.15) is 0 Å². The summed E-state index contributed by atoms with van der Waals surface area (Å²) in [6.45, 7) is 5.73. The van der Waals surface area contributed by atoms with Crippen molar-refractivity contribution in [1.29, 1.82) is 0 Å². The summed E-state index contributed by atoms with van der Waals surface area (Å²) in [7, 11) is 0. The number of aryl methyl sites for hydroxylation is 1. The predicted octanol–water partition coefficient (Wildman–Crippen LogP) is 0.180. The van der Waals surface area contributed by atoms with E-state index in [1.54, 1.807) is 0 Å². The average Bonchev–Trinajstić information content (AvgIpc) is 2.72. The van der Waals surface area contributed by atoms with E-state index in [2.05, 4.69) is 17.2 Å². The quantitative estimate of drug-likeness (QED) is 0.610. The Hall–Kier alpha value is -0.980. The highest BCUT2D eigenvalue weighted by Crippen LogP contribution is 1.96. The van der Waals surface area contributed by atoms with Crippen LogP contribution in [0.4, 0.5) is 0 Å². The molecule has 1 heterocycles. The predicted molar refractivity (Wildman–Crippen MR) is 59.8 cm³/mol. The molecule has 0 aliphatic heterocycles. The second kappa shape index (κ2) is 8.20. The molecule has 0 amide bonds. The monoisotopic (exact) mass is 228 g/mol. The van der Waals surface area contributed by atoms with Gasteiger partial charge in [-0.25, -0.2) is 0 Å².